The van der Waals surface area contributed by atoms with Crippen LogP contribution in [0.25, 0.3) is 11.0 Å². The first-order valence-electron chi connectivity index (χ1n) is 10.4. The summed E-state index contributed by atoms with van der Waals surface area (Å²) in [6, 6.07) is 6.04. The number of rotatable bonds is 8. The molecule has 1 aliphatic rings. The lowest BCUT2D eigenvalue weighted by Gasteiger charge is -2.19. The van der Waals surface area contributed by atoms with Gasteiger partial charge >= 0.3 is 0 Å². The van der Waals surface area contributed by atoms with Gasteiger partial charge in [-0.2, -0.15) is 0 Å². The third-order valence-electron chi connectivity index (χ3n) is 4.95. The average Bonchev–Trinajstić information content (AvgIpc) is 3.30. The molecule has 0 amide bonds. The van der Waals surface area contributed by atoms with Gasteiger partial charge < -0.3 is 30.4 Å². The molecule has 31 heavy (non-hydrogen) atoms. The molecule has 4 N–H and O–H groups in total. The maximum absolute atomic E-state index is 6.14. The highest BCUT2D eigenvalue weighted by molar-refractivity contribution is 7.99. The largest absolute Gasteiger partial charge is 0.454 e. The third kappa shape index (κ3) is 4.89. The van der Waals surface area contributed by atoms with E-state index in [4.69, 9.17) is 20.2 Å². The van der Waals surface area contributed by atoms with Crippen molar-refractivity contribution in [3.05, 3.63) is 30.0 Å². The number of fused-ring (bicyclic) bond motifs is 2. The minimum atomic E-state index is 0.234. The quantitative estimate of drug-likeness (QED) is 0.457. The van der Waals surface area contributed by atoms with E-state index in [1.54, 1.807) is 18.0 Å². The predicted molar refractivity (Wildman–Crippen MR) is 124 cm³/mol. The van der Waals surface area contributed by atoms with E-state index in [-0.39, 0.29) is 12.2 Å². The number of ether oxygens (including phenoxy) is 2. The van der Waals surface area contributed by atoms with E-state index in [9.17, 15) is 0 Å². The van der Waals surface area contributed by atoms with Gasteiger partial charge in [-0.15, -0.1) is 0 Å². The fourth-order valence-corrected chi connectivity index (χ4v) is 4.55. The molecule has 9 heteroatoms. The number of anilines is 1. The number of nitrogens with one attached hydrogen (secondary N) is 2. The third-order valence-corrected chi connectivity index (χ3v) is 6.05. The van der Waals surface area contributed by atoms with Gasteiger partial charge in [0, 0.05) is 37.3 Å². The summed E-state index contributed by atoms with van der Waals surface area (Å²) in [6.45, 7) is 10.2. The number of pyridine rings is 1. The van der Waals surface area contributed by atoms with Crippen LogP contribution in [0.2, 0.25) is 0 Å². The smallest absolute Gasteiger partial charge is 0.231 e. The van der Waals surface area contributed by atoms with Crippen LogP contribution in [0, 0.1) is 5.41 Å². The molecule has 0 spiro atoms. The Labute approximate surface area is 186 Å². The SMILES string of the molecule is CNCc1cc2c(cc1Sc1nc3c(N)nccc3n1CCNCC(C)(C)C)OCO2. The second kappa shape index (κ2) is 8.94. The van der Waals surface area contributed by atoms with Crippen LogP contribution >= 0.6 is 11.8 Å². The molecular weight excluding hydrogens is 412 g/mol. The maximum atomic E-state index is 6.14. The number of hydrogen-bond donors (Lipinski definition) is 3. The Kier molecular flexibility index (Phi) is 6.27. The first-order valence-corrected chi connectivity index (χ1v) is 11.2. The second-order valence-corrected chi connectivity index (χ2v) is 9.80. The zero-order valence-electron chi connectivity index (χ0n) is 18.5. The molecule has 4 rings (SSSR count). The van der Waals surface area contributed by atoms with Crippen LogP contribution in [0.5, 0.6) is 11.5 Å². The van der Waals surface area contributed by atoms with Gasteiger partial charge in [-0.3, -0.25) is 0 Å². The number of nitrogen functional groups attached to an aromatic ring is 1. The van der Waals surface area contributed by atoms with E-state index in [0.717, 1.165) is 64.3 Å². The van der Waals surface area contributed by atoms with Crippen molar-refractivity contribution in [3.8, 4) is 11.5 Å². The van der Waals surface area contributed by atoms with Crippen LogP contribution in [0.3, 0.4) is 0 Å². The molecule has 0 fully saturated rings. The summed E-state index contributed by atoms with van der Waals surface area (Å²) in [5.74, 6) is 1.99. The molecule has 0 unspecified atom stereocenters. The topological polar surface area (TPSA) is 99.2 Å². The zero-order chi connectivity index (χ0) is 22.0. The van der Waals surface area contributed by atoms with Crippen molar-refractivity contribution in [2.75, 3.05) is 32.7 Å². The van der Waals surface area contributed by atoms with Crippen molar-refractivity contribution in [1.29, 1.82) is 0 Å². The van der Waals surface area contributed by atoms with Gasteiger partial charge in [0.15, 0.2) is 22.5 Å². The molecule has 3 aromatic rings. The van der Waals surface area contributed by atoms with Crippen molar-refractivity contribution >= 4 is 28.6 Å². The van der Waals surface area contributed by atoms with E-state index >= 15 is 0 Å². The second-order valence-electron chi connectivity index (χ2n) is 8.79. The molecule has 8 nitrogen and oxygen atoms in total. The van der Waals surface area contributed by atoms with Gasteiger partial charge in [0.05, 0.1) is 5.52 Å². The van der Waals surface area contributed by atoms with Gasteiger partial charge in [-0.25, -0.2) is 9.97 Å². The van der Waals surface area contributed by atoms with Gasteiger partial charge in [0.25, 0.3) is 0 Å². The fourth-order valence-electron chi connectivity index (χ4n) is 3.49. The molecule has 0 saturated carbocycles. The number of aromatic nitrogens is 3. The summed E-state index contributed by atoms with van der Waals surface area (Å²) in [7, 11) is 1.93. The summed E-state index contributed by atoms with van der Waals surface area (Å²) in [5, 5.41) is 7.66. The molecule has 0 saturated heterocycles. The number of hydrogen-bond acceptors (Lipinski definition) is 8. The van der Waals surface area contributed by atoms with E-state index in [0.29, 0.717) is 5.82 Å². The van der Waals surface area contributed by atoms with E-state index in [1.165, 1.54) is 0 Å². The molecule has 0 bridgehead atoms. The van der Waals surface area contributed by atoms with Gasteiger partial charge in [-0.1, -0.05) is 32.5 Å². The molecular formula is C22H30N6O2S. The summed E-state index contributed by atoms with van der Waals surface area (Å²) in [5.41, 5.74) is 9.22. The van der Waals surface area contributed by atoms with E-state index < -0.39 is 0 Å². The van der Waals surface area contributed by atoms with Crippen molar-refractivity contribution in [3.63, 3.8) is 0 Å². The minimum Gasteiger partial charge on any atom is -0.454 e. The zero-order valence-corrected chi connectivity index (χ0v) is 19.3. The number of benzene rings is 1. The van der Waals surface area contributed by atoms with Crippen LogP contribution in [0.1, 0.15) is 26.3 Å². The standard InChI is InChI=1S/C22H30N6O2S/c1-22(2,3)12-25-7-8-28-15-5-6-26-20(23)19(15)27-21(28)31-18-10-17-16(29-13-30-17)9-14(18)11-24-4/h5-6,9-10,24-25H,7-8,11-13H2,1-4H3,(H2,23,26). The van der Waals surface area contributed by atoms with Gasteiger partial charge in [-0.05, 0) is 36.2 Å². The lowest BCUT2D eigenvalue weighted by atomic mass is 9.97. The maximum Gasteiger partial charge on any atom is 0.231 e. The highest BCUT2D eigenvalue weighted by atomic mass is 32.2. The van der Waals surface area contributed by atoms with E-state index in [2.05, 4.69) is 41.0 Å². The Morgan fingerprint density at radius 3 is 2.74 bits per heavy atom. The van der Waals surface area contributed by atoms with Crippen LogP contribution in [0.4, 0.5) is 5.82 Å². The Morgan fingerprint density at radius 2 is 2.00 bits per heavy atom. The minimum absolute atomic E-state index is 0.234. The van der Waals surface area contributed by atoms with E-state index in [1.807, 2.05) is 25.2 Å². The molecule has 0 atom stereocenters. The average molecular weight is 443 g/mol. The number of nitrogens with zero attached hydrogens (tertiary/aromatic N) is 3. The van der Waals surface area contributed by atoms with Gasteiger partial charge in [0.1, 0.15) is 5.52 Å². The van der Waals surface area contributed by atoms with Crippen LogP contribution in [0.15, 0.2) is 34.4 Å². The molecule has 0 radical (unpaired) electrons. The van der Waals surface area contributed by atoms with Crippen molar-refractivity contribution < 1.29 is 9.47 Å². The van der Waals surface area contributed by atoms with Crippen molar-refractivity contribution in [2.24, 2.45) is 5.41 Å². The van der Waals surface area contributed by atoms with Crippen LogP contribution in [-0.4, -0.2) is 41.5 Å². The Balaban J connectivity index is 1.66. The fraction of sp³-hybridized carbons (Fsp3) is 0.455. The van der Waals surface area contributed by atoms with Crippen molar-refractivity contribution in [2.45, 2.75) is 43.9 Å². The summed E-state index contributed by atoms with van der Waals surface area (Å²) < 4.78 is 13.4. The monoisotopic (exact) mass is 442 g/mol. The molecule has 3 heterocycles. The van der Waals surface area contributed by atoms with Crippen LogP contribution < -0.4 is 25.8 Å². The number of imidazole rings is 1. The summed E-state index contributed by atoms with van der Waals surface area (Å²) >= 11 is 1.61. The van der Waals surface area contributed by atoms with Gasteiger partial charge in [0.2, 0.25) is 6.79 Å². The lowest BCUT2D eigenvalue weighted by molar-refractivity contribution is 0.174. The normalized spacial score (nSPS) is 13.3. The summed E-state index contributed by atoms with van der Waals surface area (Å²) in [6.07, 6.45) is 1.74. The number of nitrogens with two attached hydrogens (primary N) is 1. The highest BCUT2D eigenvalue weighted by Crippen LogP contribution is 2.41. The molecule has 0 aliphatic carbocycles. The molecule has 1 aromatic carbocycles. The van der Waals surface area contributed by atoms with Crippen molar-refractivity contribution in [1.82, 2.24) is 25.2 Å². The molecule has 2 aromatic heterocycles. The predicted octanol–water partition coefficient (Wildman–Crippen LogP) is 3.25. The Bertz CT molecular complexity index is 1080. The van der Waals surface area contributed by atoms with Crippen LogP contribution in [-0.2, 0) is 13.1 Å². The lowest BCUT2D eigenvalue weighted by Crippen LogP contribution is -2.29. The summed E-state index contributed by atoms with van der Waals surface area (Å²) in [4.78, 5) is 10.1. The Morgan fingerprint density at radius 1 is 1.23 bits per heavy atom. The molecule has 166 valence electrons. The Hall–Kier alpha value is -2.49. The molecule has 1 aliphatic heterocycles. The first-order chi connectivity index (χ1) is 14.9. The highest BCUT2D eigenvalue weighted by Gasteiger charge is 2.21. The first kappa shape index (κ1) is 21.7.